The van der Waals surface area contributed by atoms with Crippen LogP contribution < -0.4 is 4.74 Å². The molecule has 2 aromatic carbocycles. The number of hydrogen-bond donors (Lipinski definition) is 0. The van der Waals surface area contributed by atoms with Gasteiger partial charge < -0.3 is 9.64 Å². The number of nitrogens with zero attached hydrogens (tertiary/aromatic N) is 1. The molecule has 0 aromatic heterocycles. The van der Waals surface area contributed by atoms with Gasteiger partial charge >= 0.3 is 6.18 Å². The Bertz CT molecular complexity index is 711. The third-order valence-electron chi connectivity index (χ3n) is 3.69. The van der Waals surface area contributed by atoms with E-state index in [4.69, 9.17) is 4.74 Å². The first kappa shape index (κ1) is 18.8. The van der Waals surface area contributed by atoms with E-state index in [9.17, 15) is 18.0 Å². The second-order valence-electron chi connectivity index (χ2n) is 5.70. The van der Waals surface area contributed by atoms with Crippen molar-refractivity contribution in [1.29, 1.82) is 0 Å². The molecule has 0 aliphatic carbocycles. The molecule has 0 spiro atoms. The van der Waals surface area contributed by atoms with Gasteiger partial charge in [0.2, 0.25) is 5.91 Å². The van der Waals surface area contributed by atoms with Gasteiger partial charge in [-0.15, -0.1) is 0 Å². The second-order valence-corrected chi connectivity index (χ2v) is 5.70. The fourth-order valence-electron chi connectivity index (χ4n) is 2.39. The normalized spacial score (nSPS) is 11.2. The maximum absolute atomic E-state index is 12.7. The molecule has 0 aliphatic heterocycles. The molecule has 0 saturated heterocycles. The Morgan fingerprint density at radius 2 is 1.76 bits per heavy atom. The molecule has 1 amide bonds. The molecule has 0 radical (unpaired) electrons. The summed E-state index contributed by atoms with van der Waals surface area (Å²) in [5, 5.41) is 0. The Balaban J connectivity index is 1.98. The average molecular weight is 351 g/mol. The number of ether oxygens (including phenoxy) is 1. The van der Waals surface area contributed by atoms with E-state index in [2.05, 4.69) is 0 Å². The van der Waals surface area contributed by atoms with Crippen molar-refractivity contribution in [2.75, 3.05) is 13.7 Å². The van der Waals surface area contributed by atoms with E-state index in [1.165, 1.54) is 17.0 Å². The van der Waals surface area contributed by atoms with Crippen molar-refractivity contribution in [3.63, 3.8) is 0 Å². The van der Waals surface area contributed by atoms with Crippen molar-refractivity contribution in [2.45, 2.75) is 26.1 Å². The monoisotopic (exact) mass is 351 g/mol. The molecule has 2 rings (SSSR count). The lowest BCUT2D eigenvalue weighted by atomic mass is 10.1. The Morgan fingerprint density at radius 1 is 1.08 bits per heavy atom. The number of likely N-dealkylation sites (N-methyl/N-ethyl adjacent to an activating group) is 1. The molecule has 0 heterocycles. The van der Waals surface area contributed by atoms with Crippen LogP contribution in [0.15, 0.2) is 48.5 Å². The van der Waals surface area contributed by atoms with E-state index < -0.39 is 11.7 Å². The van der Waals surface area contributed by atoms with Gasteiger partial charge in [0.15, 0.2) is 0 Å². The number of benzene rings is 2. The maximum atomic E-state index is 12.7. The largest absolute Gasteiger partial charge is 0.494 e. The van der Waals surface area contributed by atoms with Gasteiger partial charge in [0.05, 0.1) is 18.6 Å². The van der Waals surface area contributed by atoms with E-state index in [0.29, 0.717) is 18.7 Å². The zero-order chi connectivity index (χ0) is 18.4. The molecular weight excluding hydrogens is 331 g/mol. The molecule has 0 N–H and O–H groups in total. The molecule has 3 nitrogen and oxygen atoms in total. The minimum Gasteiger partial charge on any atom is -0.494 e. The standard InChI is InChI=1S/C19H20F3NO2/c1-3-25-17-9-7-14(8-10-17)13-23(2)18(24)12-15-5-4-6-16(11-15)19(20,21)22/h4-11H,3,12-13H2,1-2H3. The fraction of sp³-hybridized carbons (Fsp3) is 0.316. The minimum absolute atomic E-state index is 0.0720. The van der Waals surface area contributed by atoms with Crippen LogP contribution in [0.5, 0.6) is 5.75 Å². The zero-order valence-corrected chi connectivity index (χ0v) is 14.1. The predicted octanol–water partition coefficient (Wildman–Crippen LogP) is 4.31. The number of halogens is 3. The van der Waals surface area contributed by atoms with E-state index >= 15 is 0 Å². The quantitative estimate of drug-likeness (QED) is 0.776. The number of alkyl halides is 3. The summed E-state index contributed by atoms with van der Waals surface area (Å²) in [4.78, 5) is 13.8. The van der Waals surface area contributed by atoms with E-state index in [1.807, 2.05) is 31.2 Å². The Hall–Kier alpha value is -2.50. The fourth-order valence-corrected chi connectivity index (χ4v) is 2.39. The Kier molecular flexibility index (Phi) is 6.07. The van der Waals surface area contributed by atoms with Crippen LogP contribution >= 0.6 is 0 Å². The average Bonchev–Trinajstić information content (AvgIpc) is 2.56. The number of carbonyl (C=O) groups is 1. The highest BCUT2D eigenvalue weighted by molar-refractivity contribution is 5.78. The van der Waals surface area contributed by atoms with E-state index in [1.54, 1.807) is 7.05 Å². The summed E-state index contributed by atoms with van der Waals surface area (Å²) >= 11 is 0. The van der Waals surface area contributed by atoms with Crippen LogP contribution in [-0.2, 0) is 23.9 Å². The highest BCUT2D eigenvalue weighted by Crippen LogP contribution is 2.29. The first-order chi connectivity index (χ1) is 11.8. The van der Waals surface area contributed by atoms with Gasteiger partial charge in [-0.3, -0.25) is 4.79 Å². The molecule has 0 unspecified atom stereocenters. The lowest BCUT2D eigenvalue weighted by molar-refractivity contribution is -0.138. The SMILES string of the molecule is CCOc1ccc(CN(C)C(=O)Cc2cccc(C(F)(F)F)c2)cc1. The van der Waals surface area contributed by atoms with Crippen LogP contribution in [0.3, 0.4) is 0 Å². The van der Waals surface area contributed by atoms with Crippen molar-refractivity contribution in [3.8, 4) is 5.75 Å². The highest BCUT2D eigenvalue weighted by Gasteiger charge is 2.30. The van der Waals surface area contributed by atoms with Crippen molar-refractivity contribution >= 4 is 5.91 Å². The lowest BCUT2D eigenvalue weighted by Gasteiger charge is -2.18. The highest BCUT2D eigenvalue weighted by atomic mass is 19.4. The maximum Gasteiger partial charge on any atom is 0.416 e. The van der Waals surface area contributed by atoms with Gasteiger partial charge in [-0.2, -0.15) is 13.2 Å². The molecule has 6 heteroatoms. The van der Waals surface area contributed by atoms with Crippen molar-refractivity contribution in [1.82, 2.24) is 4.90 Å². The first-order valence-corrected chi connectivity index (χ1v) is 7.91. The third kappa shape index (κ3) is 5.52. The molecule has 0 aliphatic rings. The number of hydrogen-bond acceptors (Lipinski definition) is 2. The molecule has 0 fully saturated rings. The molecular formula is C19H20F3NO2. The Labute approximate surface area is 145 Å². The van der Waals surface area contributed by atoms with Gasteiger partial charge in [-0.25, -0.2) is 0 Å². The van der Waals surface area contributed by atoms with Crippen LogP contribution in [0.25, 0.3) is 0 Å². The number of amides is 1. The first-order valence-electron chi connectivity index (χ1n) is 7.91. The molecule has 0 bridgehead atoms. The zero-order valence-electron chi connectivity index (χ0n) is 14.1. The van der Waals surface area contributed by atoms with Crippen LogP contribution in [0.1, 0.15) is 23.6 Å². The molecule has 0 atom stereocenters. The van der Waals surface area contributed by atoms with Crippen molar-refractivity contribution < 1.29 is 22.7 Å². The smallest absolute Gasteiger partial charge is 0.416 e. The molecule has 25 heavy (non-hydrogen) atoms. The van der Waals surface area contributed by atoms with Crippen LogP contribution in [0, 0.1) is 0 Å². The summed E-state index contributed by atoms with van der Waals surface area (Å²) in [5.74, 6) is 0.511. The minimum atomic E-state index is -4.41. The van der Waals surface area contributed by atoms with Crippen molar-refractivity contribution in [2.24, 2.45) is 0 Å². The van der Waals surface area contributed by atoms with Crippen molar-refractivity contribution in [3.05, 3.63) is 65.2 Å². The van der Waals surface area contributed by atoms with Crippen LogP contribution in [0.4, 0.5) is 13.2 Å². The van der Waals surface area contributed by atoms with Gasteiger partial charge in [-0.1, -0.05) is 30.3 Å². The molecule has 0 saturated carbocycles. The van der Waals surface area contributed by atoms with Crippen LogP contribution in [-0.4, -0.2) is 24.5 Å². The lowest BCUT2D eigenvalue weighted by Crippen LogP contribution is -2.27. The summed E-state index contributed by atoms with van der Waals surface area (Å²) in [6, 6.07) is 12.2. The molecule has 2 aromatic rings. The summed E-state index contributed by atoms with van der Waals surface area (Å²) in [6.45, 7) is 2.85. The summed E-state index contributed by atoms with van der Waals surface area (Å²) in [7, 11) is 1.63. The number of carbonyl (C=O) groups excluding carboxylic acids is 1. The summed E-state index contributed by atoms with van der Waals surface area (Å²) < 4.78 is 43.6. The topological polar surface area (TPSA) is 29.5 Å². The molecule has 134 valence electrons. The van der Waals surface area contributed by atoms with Crippen LogP contribution in [0.2, 0.25) is 0 Å². The third-order valence-corrected chi connectivity index (χ3v) is 3.69. The Morgan fingerprint density at radius 3 is 2.36 bits per heavy atom. The number of rotatable bonds is 6. The second kappa shape index (κ2) is 8.05. The van der Waals surface area contributed by atoms with Gasteiger partial charge in [0, 0.05) is 13.6 Å². The predicted molar refractivity (Wildman–Crippen MR) is 89.2 cm³/mol. The van der Waals surface area contributed by atoms with E-state index in [0.717, 1.165) is 23.4 Å². The van der Waals surface area contributed by atoms with Gasteiger partial charge in [-0.05, 0) is 36.2 Å². The summed E-state index contributed by atoms with van der Waals surface area (Å²) in [6.07, 6.45) is -4.48. The van der Waals surface area contributed by atoms with Gasteiger partial charge in [0.25, 0.3) is 0 Å². The van der Waals surface area contributed by atoms with E-state index in [-0.39, 0.29) is 12.3 Å². The summed E-state index contributed by atoms with van der Waals surface area (Å²) in [5.41, 5.74) is 0.522. The van der Waals surface area contributed by atoms with Gasteiger partial charge in [0.1, 0.15) is 5.75 Å².